The van der Waals surface area contributed by atoms with Crippen LogP contribution < -0.4 is 16.4 Å². The Labute approximate surface area is 164 Å². The van der Waals surface area contributed by atoms with Gasteiger partial charge in [0.25, 0.3) is 5.91 Å². The largest absolute Gasteiger partial charge is 0.370 e. The maximum atomic E-state index is 12.8. The van der Waals surface area contributed by atoms with Crippen LogP contribution in [0.2, 0.25) is 0 Å². The van der Waals surface area contributed by atoms with Gasteiger partial charge in [0.05, 0.1) is 12.5 Å². The predicted octanol–water partition coefficient (Wildman–Crippen LogP) is 0.549. The maximum Gasteiger partial charge on any atom is 0.251 e. The Morgan fingerprint density at radius 3 is 2.46 bits per heavy atom. The summed E-state index contributed by atoms with van der Waals surface area (Å²) in [6.45, 7) is 3.85. The molecule has 0 saturated carbocycles. The van der Waals surface area contributed by atoms with Gasteiger partial charge in [-0.05, 0) is 30.9 Å². The van der Waals surface area contributed by atoms with Crippen LogP contribution in [0.15, 0.2) is 30.3 Å². The van der Waals surface area contributed by atoms with Crippen LogP contribution in [0.1, 0.15) is 43.5 Å². The van der Waals surface area contributed by atoms with Gasteiger partial charge in [0.1, 0.15) is 18.7 Å². The van der Waals surface area contributed by atoms with Crippen LogP contribution in [0.25, 0.3) is 0 Å². The van der Waals surface area contributed by atoms with Crippen LogP contribution in [-0.4, -0.2) is 48.3 Å². The van der Waals surface area contributed by atoms with Crippen molar-refractivity contribution in [1.29, 1.82) is 0 Å². The highest BCUT2D eigenvalue weighted by Crippen LogP contribution is 2.15. The standard InChI is InChI=1S/C20H27N3O5/c1-12(2)8-9-14(22-19(26)13-6-4-3-5-7-13)20(27)23-18-15(24)11-28-16(18)10-17(21)25/h3-7,12,14,16,18H,8-11H2,1-2H3,(H2,21,25)(H,22,26)(H,23,27)/t14-,16?,18?/m0/s1. The van der Waals surface area contributed by atoms with E-state index in [4.69, 9.17) is 10.5 Å². The third-order valence-electron chi connectivity index (χ3n) is 4.55. The Bertz CT molecular complexity index is 720. The van der Waals surface area contributed by atoms with Gasteiger partial charge >= 0.3 is 0 Å². The van der Waals surface area contributed by atoms with Gasteiger partial charge in [-0.15, -0.1) is 0 Å². The molecule has 0 radical (unpaired) electrons. The van der Waals surface area contributed by atoms with Crippen LogP contribution in [0.3, 0.4) is 0 Å². The summed E-state index contributed by atoms with van der Waals surface area (Å²) < 4.78 is 5.27. The summed E-state index contributed by atoms with van der Waals surface area (Å²) in [4.78, 5) is 48.5. The molecule has 1 aromatic carbocycles. The van der Waals surface area contributed by atoms with Gasteiger partial charge in [0, 0.05) is 5.56 Å². The summed E-state index contributed by atoms with van der Waals surface area (Å²) in [5, 5.41) is 5.37. The summed E-state index contributed by atoms with van der Waals surface area (Å²) >= 11 is 0. The fourth-order valence-electron chi connectivity index (χ4n) is 2.98. The number of benzene rings is 1. The molecule has 2 rings (SSSR count). The van der Waals surface area contributed by atoms with Crippen molar-refractivity contribution < 1.29 is 23.9 Å². The molecule has 0 aromatic heterocycles. The van der Waals surface area contributed by atoms with E-state index in [0.29, 0.717) is 24.3 Å². The molecule has 3 atom stereocenters. The number of nitrogens with two attached hydrogens (primary N) is 1. The van der Waals surface area contributed by atoms with Crippen molar-refractivity contribution in [3.63, 3.8) is 0 Å². The number of rotatable bonds is 9. The topological polar surface area (TPSA) is 128 Å². The number of carbonyl (C=O) groups excluding carboxylic acids is 4. The van der Waals surface area contributed by atoms with Gasteiger partial charge < -0.3 is 21.1 Å². The fraction of sp³-hybridized carbons (Fsp3) is 0.500. The number of ketones is 1. The molecule has 1 heterocycles. The first-order valence-electron chi connectivity index (χ1n) is 9.36. The monoisotopic (exact) mass is 389 g/mol. The summed E-state index contributed by atoms with van der Waals surface area (Å²) in [5.41, 5.74) is 5.62. The minimum absolute atomic E-state index is 0.163. The highest BCUT2D eigenvalue weighted by Gasteiger charge is 2.39. The molecule has 1 fully saturated rings. The first kappa shape index (κ1) is 21.6. The van der Waals surface area contributed by atoms with E-state index in [1.54, 1.807) is 30.3 Å². The van der Waals surface area contributed by atoms with E-state index in [0.717, 1.165) is 0 Å². The van der Waals surface area contributed by atoms with Crippen molar-refractivity contribution >= 4 is 23.5 Å². The highest BCUT2D eigenvalue weighted by molar-refractivity contribution is 5.99. The molecule has 2 unspecified atom stereocenters. The van der Waals surface area contributed by atoms with Crippen LogP contribution in [0.5, 0.6) is 0 Å². The Morgan fingerprint density at radius 2 is 1.86 bits per heavy atom. The molecular formula is C20H27N3O5. The third-order valence-corrected chi connectivity index (χ3v) is 4.55. The zero-order chi connectivity index (χ0) is 20.7. The van der Waals surface area contributed by atoms with E-state index >= 15 is 0 Å². The highest BCUT2D eigenvalue weighted by atomic mass is 16.5. The molecule has 0 aliphatic carbocycles. The van der Waals surface area contributed by atoms with Crippen molar-refractivity contribution in [3.8, 4) is 0 Å². The molecule has 0 spiro atoms. The Kier molecular flexibility index (Phi) is 7.69. The van der Waals surface area contributed by atoms with Crippen molar-refractivity contribution in [2.24, 2.45) is 11.7 Å². The summed E-state index contributed by atoms with van der Waals surface area (Å²) in [6, 6.07) is 6.83. The minimum atomic E-state index is -0.949. The number of primary amides is 1. The van der Waals surface area contributed by atoms with E-state index in [2.05, 4.69) is 10.6 Å². The van der Waals surface area contributed by atoms with Crippen molar-refractivity contribution in [2.75, 3.05) is 6.61 Å². The molecule has 8 nitrogen and oxygen atoms in total. The molecular weight excluding hydrogens is 362 g/mol. The second-order valence-corrected chi connectivity index (χ2v) is 7.34. The molecule has 1 aromatic rings. The van der Waals surface area contributed by atoms with Crippen LogP contribution >= 0.6 is 0 Å². The summed E-state index contributed by atoms with van der Waals surface area (Å²) in [5.74, 6) is -1.46. The second kappa shape index (κ2) is 9.98. The van der Waals surface area contributed by atoms with Crippen LogP contribution in [0.4, 0.5) is 0 Å². The maximum absolute atomic E-state index is 12.8. The van der Waals surface area contributed by atoms with Crippen LogP contribution in [0, 0.1) is 5.92 Å². The van der Waals surface area contributed by atoms with Crippen molar-refractivity contribution in [3.05, 3.63) is 35.9 Å². The zero-order valence-corrected chi connectivity index (χ0v) is 16.1. The Balaban J connectivity index is 2.08. The molecule has 28 heavy (non-hydrogen) atoms. The van der Waals surface area contributed by atoms with Crippen LogP contribution in [-0.2, 0) is 19.1 Å². The van der Waals surface area contributed by atoms with Gasteiger partial charge in [-0.1, -0.05) is 32.0 Å². The fourth-order valence-corrected chi connectivity index (χ4v) is 2.98. The Morgan fingerprint density at radius 1 is 1.18 bits per heavy atom. The summed E-state index contributed by atoms with van der Waals surface area (Å²) in [6.07, 6.45) is 0.186. The number of Topliss-reactive ketones (excluding diaryl/α,β-unsaturated/α-hetero) is 1. The molecule has 1 aliphatic heterocycles. The molecule has 1 saturated heterocycles. The number of hydrogen-bond acceptors (Lipinski definition) is 5. The van der Waals surface area contributed by atoms with E-state index in [9.17, 15) is 19.2 Å². The first-order chi connectivity index (χ1) is 13.3. The quantitative estimate of drug-likeness (QED) is 0.568. The lowest BCUT2D eigenvalue weighted by Crippen LogP contribution is -2.53. The smallest absolute Gasteiger partial charge is 0.251 e. The molecule has 3 amide bonds. The molecule has 8 heteroatoms. The SMILES string of the molecule is CC(C)CC[C@H](NC(=O)c1ccccc1)C(=O)NC1C(=O)COC1CC(N)=O. The lowest BCUT2D eigenvalue weighted by atomic mass is 10.0. The molecule has 1 aliphatic rings. The van der Waals surface area contributed by atoms with Gasteiger partial charge in [-0.25, -0.2) is 0 Å². The lowest BCUT2D eigenvalue weighted by molar-refractivity contribution is -0.128. The molecule has 4 N–H and O–H groups in total. The minimum Gasteiger partial charge on any atom is -0.370 e. The second-order valence-electron chi connectivity index (χ2n) is 7.34. The summed E-state index contributed by atoms with van der Waals surface area (Å²) in [7, 11) is 0. The van der Waals surface area contributed by atoms with E-state index in [1.165, 1.54) is 0 Å². The zero-order valence-electron chi connectivity index (χ0n) is 16.1. The number of ether oxygens (including phenoxy) is 1. The van der Waals surface area contributed by atoms with Gasteiger partial charge in [-0.3, -0.25) is 19.2 Å². The van der Waals surface area contributed by atoms with Crippen molar-refractivity contribution in [1.82, 2.24) is 10.6 Å². The number of carbonyl (C=O) groups is 4. The average molecular weight is 389 g/mol. The number of hydrogen-bond donors (Lipinski definition) is 3. The van der Waals surface area contributed by atoms with E-state index in [1.807, 2.05) is 13.8 Å². The van der Waals surface area contributed by atoms with Gasteiger partial charge in [0.15, 0.2) is 5.78 Å². The number of nitrogens with one attached hydrogen (secondary N) is 2. The average Bonchev–Trinajstić information content (AvgIpc) is 2.98. The normalized spacial score (nSPS) is 20.0. The number of amides is 3. The Hall–Kier alpha value is -2.74. The predicted molar refractivity (Wildman–Crippen MR) is 102 cm³/mol. The van der Waals surface area contributed by atoms with Gasteiger partial charge in [0.2, 0.25) is 11.8 Å². The first-order valence-corrected chi connectivity index (χ1v) is 9.36. The van der Waals surface area contributed by atoms with E-state index < -0.39 is 30.0 Å². The van der Waals surface area contributed by atoms with E-state index in [-0.39, 0.29) is 24.7 Å². The molecule has 152 valence electrons. The third kappa shape index (κ3) is 6.16. The molecule has 0 bridgehead atoms. The van der Waals surface area contributed by atoms with Gasteiger partial charge in [-0.2, -0.15) is 0 Å². The lowest BCUT2D eigenvalue weighted by Gasteiger charge is -2.23. The van der Waals surface area contributed by atoms with Crippen molar-refractivity contribution in [2.45, 2.75) is 51.3 Å².